The maximum Gasteiger partial charge on any atom is 0.258 e. The number of hydrogen-bond donors (Lipinski definition) is 3. The number of nitrogens with two attached hydrogens (primary N) is 1. The number of hydrogen-bond acceptors (Lipinski definition) is 6. The highest BCUT2D eigenvalue weighted by atomic mass is 35.5. The van der Waals surface area contributed by atoms with Crippen LogP contribution >= 0.6 is 11.6 Å². The summed E-state index contributed by atoms with van der Waals surface area (Å²) in [5, 5.41) is 23.0. The van der Waals surface area contributed by atoms with Crippen molar-refractivity contribution in [3.8, 4) is 34.3 Å². The van der Waals surface area contributed by atoms with E-state index >= 15 is 0 Å². The first-order chi connectivity index (χ1) is 10.0. The lowest BCUT2D eigenvalue weighted by Crippen LogP contribution is -1.87. The summed E-state index contributed by atoms with van der Waals surface area (Å²) >= 11 is 5.95. The van der Waals surface area contributed by atoms with E-state index in [2.05, 4.69) is 10.1 Å². The summed E-state index contributed by atoms with van der Waals surface area (Å²) in [4.78, 5) is 4.22. The zero-order valence-electron chi connectivity index (χ0n) is 10.6. The maximum absolute atomic E-state index is 9.48. The first kappa shape index (κ1) is 13.3. The Morgan fingerprint density at radius 2 is 1.76 bits per heavy atom. The molecule has 0 aliphatic heterocycles. The fourth-order valence-corrected chi connectivity index (χ4v) is 1.96. The van der Waals surface area contributed by atoms with Crippen LogP contribution in [0, 0.1) is 0 Å². The average molecular weight is 304 g/mol. The van der Waals surface area contributed by atoms with Gasteiger partial charge < -0.3 is 20.5 Å². The lowest BCUT2D eigenvalue weighted by molar-refractivity contribution is 0.404. The molecule has 0 unspecified atom stereocenters. The molecule has 3 aromatic rings. The van der Waals surface area contributed by atoms with Gasteiger partial charge in [-0.05, 0) is 36.4 Å². The Bertz CT molecular complexity index is 751. The minimum Gasteiger partial charge on any atom is -0.504 e. The first-order valence-corrected chi connectivity index (χ1v) is 6.34. The second-order valence-corrected chi connectivity index (χ2v) is 4.77. The minimum absolute atomic E-state index is 0.215. The number of benzene rings is 2. The van der Waals surface area contributed by atoms with Crippen molar-refractivity contribution < 1.29 is 14.7 Å². The van der Waals surface area contributed by atoms with E-state index in [-0.39, 0.29) is 23.2 Å². The number of halogens is 1. The summed E-state index contributed by atoms with van der Waals surface area (Å²) in [6.07, 6.45) is 0. The van der Waals surface area contributed by atoms with Crippen LogP contribution in [0.5, 0.6) is 11.5 Å². The third kappa shape index (κ3) is 2.48. The number of nitrogen functional groups attached to an aromatic ring is 1. The highest BCUT2D eigenvalue weighted by Crippen LogP contribution is 2.31. The summed E-state index contributed by atoms with van der Waals surface area (Å²) < 4.78 is 5.17. The molecule has 0 atom stereocenters. The lowest BCUT2D eigenvalue weighted by atomic mass is 10.2. The van der Waals surface area contributed by atoms with E-state index in [0.717, 1.165) is 0 Å². The lowest BCUT2D eigenvalue weighted by Gasteiger charge is -1.99. The SMILES string of the molecule is Nc1ccc(-c2nc(-c3ccc(O)c(O)c3)no2)cc1Cl. The molecule has 0 spiro atoms. The van der Waals surface area contributed by atoms with Gasteiger partial charge in [-0.1, -0.05) is 16.8 Å². The summed E-state index contributed by atoms with van der Waals surface area (Å²) in [5.41, 5.74) is 7.26. The number of phenolic OH excluding ortho intramolecular Hbond substituents is 2. The minimum atomic E-state index is -0.255. The number of phenols is 2. The van der Waals surface area contributed by atoms with Crippen molar-refractivity contribution in [1.82, 2.24) is 10.1 Å². The van der Waals surface area contributed by atoms with Crippen LogP contribution < -0.4 is 5.73 Å². The van der Waals surface area contributed by atoms with Gasteiger partial charge in [0, 0.05) is 11.1 Å². The molecule has 0 amide bonds. The number of anilines is 1. The van der Waals surface area contributed by atoms with Gasteiger partial charge in [0.25, 0.3) is 5.89 Å². The second-order valence-electron chi connectivity index (χ2n) is 4.36. The third-order valence-corrected chi connectivity index (χ3v) is 3.23. The quantitative estimate of drug-likeness (QED) is 0.496. The number of aromatic hydroxyl groups is 2. The highest BCUT2D eigenvalue weighted by Gasteiger charge is 2.13. The molecule has 3 rings (SSSR count). The van der Waals surface area contributed by atoms with Gasteiger partial charge in [-0.25, -0.2) is 0 Å². The van der Waals surface area contributed by atoms with Gasteiger partial charge in [-0.2, -0.15) is 4.98 Å². The Hall–Kier alpha value is -2.73. The summed E-state index contributed by atoms with van der Waals surface area (Å²) in [6.45, 7) is 0. The zero-order chi connectivity index (χ0) is 15.0. The first-order valence-electron chi connectivity index (χ1n) is 5.96. The summed E-state index contributed by atoms with van der Waals surface area (Å²) in [7, 11) is 0. The standard InChI is InChI=1S/C14H10ClN3O3/c15-9-5-8(1-3-10(9)16)14-17-13(18-21-14)7-2-4-11(19)12(20)6-7/h1-6,19-20H,16H2. The Labute approximate surface area is 124 Å². The van der Waals surface area contributed by atoms with Crippen molar-refractivity contribution in [2.45, 2.75) is 0 Å². The molecule has 6 nitrogen and oxygen atoms in total. The van der Waals surface area contributed by atoms with Crippen molar-refractivity contribution >= 4 is 17.3 Å². The largest absolute Gasteiger partial charge is 0.504 e. The summed E-state index contributed by atoms with van der Waals surface area (Å²) in [5.74, 6) is 0.0925. The number of aromatic nitrogens is 2. The predicted octanol–water partition coefficient (Wildman–Crippen LogP) is 3.05. The zero-order valence-corrected chi connectivity index (χ0v) is 11.4. The molecule has 0 fully saturated rings. The fourth-order valence-electron chi connectivity index (χ4n) is 1.78. The molecule has 21 heavy (non-hydrogen) atoms. The predicted molar refractivity (Wildman–Crippen MR) is 77.9 cm³/mol. The molecule has 106 valence electrons. The van der Waals surface area contributed by atoms with Gasteiger partial charge in [0.05, 0.1) is 10.7 Å². The normalized spacial score (nSPS) is 10.7. The van der Waals surface area contributed by atoms with Crippen molar-refractivity contribution in [2.75, 3.05) is 5.73 Å². The van der Waals surface area contributed by atoms with Crippen LogP contribution in [-0.4, -0.2) is 20.4 Å². The molecule has 0 bridgehead atoms. The number of rotatable bonds is 2. The van der Waals surface area contributed by atoms with Crippen molar-refractivity contribution in [3.63, 3.8) is 0 Å². The van der Waals surface area contributed by atoms with Crippen LogP contribution in [0.2, 0.25) is 5.02 Å². The third-order valence-electron chi connectivity index (χ3n) is 2.91. The van der Waals surface area contributed by atoms with Crippen LogP contribution in [-0.2, 0) is 0 Å². The molecule has 1 aromatic heterocycles. The fraction of sp³-hybridized carbons (Fsp3) is 0. The van der Waals surface area contributed by atoms with E-state index in [1.807, 2.05) is 0 Å². The molecule has 7 heteroatoms. The smallest absolute Gasteiger partial charge is 0.258 e. The molecular formula is C14H10ClN3O3. The average Bonchev–Trinajstić information content (AvgIpc) is 2.94. The Morgan fingerprint density at radius 3 is 2.48 bits per heavy atom. The van der Waals surface area contributed by atoms with Gasteiger partial charge in [-0.15, -0.1) is 0 Å². The highest BCUT2D eigenvalue weighted by molar-refractivity contribution is 6.33. The van der Waals surface area contributed by atoms with Crippen LogP contribution in [0.4, 0.5) is 5.69 Å². The molecule has 4 N–H and O–H groups in total. The Kier molecular flexibility index (Phi) is 3.15. The van der Waals surface area contributed by atoms with Crippen LogP contribution in [0.15, 0.2) is 40.9 Å². The Morgan fingerprint density at radius 1 is 1.00 bits per heavy atom. The van der Waals surface area contributed by atoms with Crippen molar-refractivity contribution in [3.05, 3.63) is 41.4 Å². The molecule has 2 aromatic carbocycles. The molecule has 0 saturated heterocycles. The van der Waals surface area contributed by atoms with E-state index in [0.29, 0.717) is 21.8 Å². The van der Waals surface area contributed by atoms with Crippen molar-refractivity contribution in [2.24, 2.45) is 0 Å². The maximum atomic E-state index is 9.48. The molecule has 1 heterocycles. The molecular weight excluding hydrogens is 294 g/mol. The van der Waals surface area contributed by atoms with E-state index in [4.69, 9.17) is 21.9 Å². The van der Waals surface area contributed by atoms with Gasteiger partial charge in [0.15, 0.2) is 11.5 Å². The van der Waals surface area contributed by atoms with Crippen LogP contribution in [0.25, 0.3) is 22.8 Å². The monoisotopic (exact) mass is 303 g/mol. The molecule has 0 aliphatic carbocycles. The molecule has 0 aliphatic rings. The Balaban J connectivity index is 1.99. The van der Waals surface area contributed by atoms with Crippen molar-refractivity contribution in [1.29, 1.82) is 0 Å². The molecule has 0 radical (unpaired) electrons. The topological polar surface area (TPSA) is 105 Å². The van der Waals surface area contributed by atoms with Crippen LogP contribution in [0.3, 0.4) is 0 Å². The van der Waals surface area contributed by atoms with Gasteiger partial charge in [0.2, 0.25) is 5.82 Å². The van der Waals surface area contributed by atoms with Crippen LogP contribution in [0.1, 0.15) is 0 Å². The van der Waals surface area contributed by atoms with Gasteiger partial charge >= 0.3 is 0 Å². The number of nitrogens with zero attached hydrogens (tertiary/aromatic N) is 2. The van der Waals surface area contributed by atoms with E-state index in [1.165, 1.54) is 12.1 Å². The second kappa shape index (κ2) is 4.99. The van der Waals surface area contributed by atoms with E-state index in [1.54, 1.807) is 24.3 Å². The van der Waals surface area contributed by atoms with Gasteiger partial charge in [-0.3, -0.25) is 0 Å². The summed E-state index contributed by atoms with van der Waals surface area (Å²) in [6, 6.07) is 9.25. The van der Waals surface area contributed by atoms with Gasteiger partial charge in [0.1, 0.15) is 0 Å². The van der Waals surface area contributed by atoms with E-state index in [9.17, 15) is 10.2 Å². The van der Waals surface area contributed by atoms with E-state index < -0.39 is 0 Å². The molecule has 0 saturated carbocycles.